The Hall–Kier alpha value is -2.36. The molecule has 4 nitrogen and oxygen atoms in total. The summed E-state index contributed by atoms with van der Waals surface area (Å²) in [5.74, 6) is 0.613. The number of nitrogens with zero attached hydrogens (tertiary/aromatic N) is 1. The first-order valence-corrected chi connectivity index (χ1v) is 5.75. The minimum Gasteiger partial charge on any atom is -0.347 e. The molecule has 0 saturated carbocycles. The Morgan fingerprint density at radius 2 is 2.28 bits per heavy atom. The van der Waals surface area contributed by atoms with Crippen LogP contribution in [0.2, 0.25) is 0 Å². The lowest BCUT2D eigenvalue weighted by Gasteiger charge is -2.00. The van der Waals surface area contributed by atoms with E-state index in [4.69, 9.17) is 0 Å². The van der Waals surface area contributed by atoms with Gasteiger partial charge in [0.2, 0.25) is 5.91 Å². The van der Waals surface area contributed by atoms with Crippen LogP contribution in [0.3, 0.4) is 0 Å². The smallest absolute Gasteiger partial charge is 0.244 e. The van der Waals surface area contributed by atoms with Crippen LogP contribution in [0.15, 0.2) is 42.7 Å². The fourth-order valence-electron chi connectivity index (χ4n) is 1.56. The number of aryl methyl sites for hydroxylation is 1. The number of hydrogen-bond donors (Lipinski definition) is 2. The standard InChI is InChI=1S/C14H15N3O/c1-11-4-2-3-5-12(11)6-7-14(18)17-10-13-15-8-9-16-13/h2-9H,10H2,1H3,(H,15,16)(H,17,18). The highest BCUT2D eigenvalue weighted by molar-refractivity contribution is 5.91. The Morgan fingerprint density at radius 1 is 1.44 bits per heavy atom. The van der Waals surface area contributed by atoms with Gasteiger partial charge in [-0.25, -0.2) is 4.98 Å². The van der Waals surface area contributed by atoms with Crippen LogP contribution in [0, 0.1) is 6.92 Å². The van der Waals surface area contributed by atoms with Crippen molar-refractivity contribution in [2.75, 3.05) is 0 Å². The van der Waals surface area contributed by atoms with Crippen molar-refractivity contribution in [3.8, 4) is 0 Å². The van der Waals surface area contributed by atoms with Crippen LogP contribution in [0.1, 0.15) is 17.0 Å². The van der Waals surface area contributed by atoms with Crippen LogP contribution in [-0.4, -0.2) is 15.9 Å². The summed E-state index contributed by atoms with van der Waals surface area (Å²) < 4.78 is 0. The maximum atomic E-state index is 11.6. The number of amides is 1. The number of aromatic amines is 1. The normalized spacial score (nSPS) is 10.7. The van der Waals surface area contributed by atoms with Gasteiger partial charge in [-0.05, 0) is 24.1 Å². The predicted octanol–water partition coefficient (Wildman–Crippen LogP) is 2.05. The van der Waals surface area contributed by atoms with Gasteiger partial charge in [-0.15, -0.1) is 0 Å². The van der Waals surface area contributed by atoms with E-state index in [1.54, 1.807) is 12.4 Å². The molecule has 0 saturated heterocycles. The molecule has 0 aliphatic rings. The van der Waals surface area contributed by atoms with Gasteiger partial charge in [-0.3, -0.25) is 4.79 Å². The molecule has 1 heterocycles. The first-order valence-electron chi connectivity index (χ1n) is 5.75. The lowest BCUT2D eigenvalue weighted by atomic mass is 10.1. The van der Waals surface area contributed by atoms with E-state index in [0.29, 0.717) is 6.54 Å². The zero-order valence-corrected chi connectivity index (χ0v) is 10.2. The number of H-pyrrole nitrogens is 1. The molecular weight excluding hydrogens is 226 g/mol. The van der Waals surface area contributed by atoms with E-state index in [0.717, 1.165) is 17.0 Å². The Kier molecular flexibility index (Phi) is 3.91. The van der Waals surface area contributed by atoms with Crippen molar-refractivity contribution >= 4 is 12.0 Å². The van der Waals surface area contributed by atoms with E-state index in [1.807, 2.05) is 37.3 Å². The van der Waals surface area contributed by atoms with Gasteiger partial charge in [-0.2, -0.15) is 0 Å². The molecule has 0 aliphatic heterocycles. The van der Waals surface area contributed by atoms with E-state index in [1.165, 1.54) is 6.08 Å². The molecule has 92 valence electrons. The van der Waals surface area contributed by atoms with E-state index < -0.39 is 0 Å². The Labute approximate surface area is 106 Å². The summed E-state index contributed by atoms with van der Waals surface area (Å²) in [6, 6.07) is 7.92. The lowest BCUT2D eigenvalue weighted by molar-refractivity contribution is -0.116. The first-order chi connectivity index (χ1) is 8.75. The van der Waals surface area contributed by atoms with Gasteiger partial charge < -0.3 is 10.3 Å². The third-order valence-corrected chi connectivity index (χ3v) is 2.59. The van der Waals surface area contributed by atoms with E-state index in [-0.39, 0.29) is 5.91 Å². The second-order valence-electron chi connectivity index (χ2n) is 3.94. The van der Waals surface area contributed by atoms with Gasteiger partial charge in [0, 0.05) is 18.5 Å². The second-order valence-corrected chi connectivity index (χ2v) is 3.94. The molecule has 0 aliphatic carbocycles. The fraction of sp³-hybridized carbons (Fsp3) is 0.143. The van der Waals surface area contributed by atoms with Gasteiger partial charge >= 0.3 is 0 Å². The highest BCUT2D eigenvalue weighted by Gasteiger charge is 1.98. The summed E-state index contributed by atoms with van der Waals surface area (Å²) in [6.07, 6.45) is 6.73. The van der Waals surface area contributed by atoms with E-state index in [9.17, 15) is 4.79 Å². The number of nitrogens with one attached hydrogen (secondary N) is 2. The number of hydrogen-bond acceptors (Lipinski definition) is 2. The number of carbonyl (C=O) groups excluding carboxylic acids is 1. The molecule has 1 aromatic carbocycles. The summed E-state index contributed by atoms with van der Waals surface area (Å²) >= 11 is 0. The highest BCUT2D eigenvalue weighted by atomic mass is 16.1. The van der Waals surface area contributed by atoms with Crippen molar-refractivity contribution in [3.05, 3.63) is 59.7 Å². The quantitative estimate of drug-likeness (QED) is 0.805. The Balaban J connectivity index is 1.89. The monoisotopic (exact) mass is 241 g/mol. The summed E-state index contributed by atoms with van der Waals surface area (Å²) in [5, 5.41) is 2.76. The minimum absolute atomic E-state index is 0.130. The van der Waals surface area contributed by atoms with Crippen LogP contribution < -0.4 is 5.32 Å². The number of benzene rings is 1. The number of rotatable bonds is 4. The molecule has 1 amide bonds. The maximum Gasteiger partial charge on any atom is 0.244 e. The SMILES string of the molecule is Cc1ccccc1C=CC(=O)NCc1ncc[nH]1. The minimum atomic E-state index is -0.130. The molecular formula is C14H15N3O. The Bertz CT molecular complexity index is 544. The molecule has 0 spiro atoms. The maximum absolute atomic E-state index is 11.6. The van der Waals surface area contributed by atoms with Crippen LogP contribution in [0.25, 0.3) is 6.08 Å². The van der Waals surface area contributed by atoms with Gasteiger partial charge in [0.1, 0.15) is 5.82 Å². The zero-order valence-electron chi connectivity index (χ0n) is 10.2. The molecule has 1 aromatic heterocycles. The average molecular weight is 241 g/mol. The summed E-state index contributed by atoms with van der Waals surface area (Å²) in [7, 11) is 0. The van der Waals surface area contributed by atoms with E-state index >= 15 is 0 Å². The molecule has 2 aromatic rings. The lowest BCUT2D eigenvalue weighted by Crippen LogP contribution is -2.20. The molecule has 0 bridgehead atoms. The molecule has 18 heavy (non-hydrogen) atoms. The largest absolute Gasteiger partial charge is 0.347 e. The topological polar surface area (TPSA) is 57.8 Å². The molecule has 0 unspecified atom stereocenters. The van der Waals surface area contributed by atoms with Crippen LogP contribution in [-0.2, 0) is 11.3 Å². The number of imidazole rings is 1. The van der Waals surface area contributed by atoms with Gasteiger partial charge in [0.25, 0.3) is 0 Å². The molecule has 0 radical (unpaired) electrons. The van der Waals surface area contributed by atoms with E-state index in [2.05, 4.69) is 15.3 Å². The summed E-state index contributed by atoms with van der Waals surface area (Å²) in [6.45, 7) is 2.42. The predicted molar refractivity (Wildman–Crippen MR) is 70.6 cm³/mol. The van der Waals surface area contributed by atoms with Crippen LogP contribution >= 0.6 is 0 Å². The zero-order chi connectivity index (χ0) is 12.8. The second kappa shape index (κ2) is 5.82. The van der Waals surface area contributed by atoms with Crippen molar-refractivity contribution in [2.45, 2.75) is 13.5 Å². The third kappa shape index (κ3) is 3.31. The Morgan fingerprint density at radius 3 is 3.00 bits per heavy atom. The van der Waals surface area contributed by atoms with Crippen molar-refractivity contribution in [1.82, 2.24) is 15.3 Å². The first kappa shape index (κ1) is 12.1. The third-order valence-electron chi connectivity index (χ3n) is 2.59. The molecule has 0 atom stereocenters. The van der Waals surface area contributed by atoms with Gasteiger partial charge in [0.15, 0.2) is 0 Å². The van der Waals surface area contributed by atoms with Crippen LogP contribution in [0.5, 0.6) is 0 Å². The van der Waals surface area contributed by atoms with Crippen molar-refractivity contribution in [3.63, 3.8) is 0 Å². The number of aromatic nitrogens is 2. The summed E-state index contributed by atoms with van der Waals surface area (Å²) in [4.78, 5) is 18.5. The van der Waals surface area contributed by atoms with Crippen molar-refractivity contribution in [1.29, 1.82) is 0 Å². The molecule has 2 N–H and O–H groups in total. The van der Waals surface area contributed by atoms with Crippen molar-refractivity contribution < 1.29 is 4.79 Å². The average Bonchev–Trinajstić information content (AvgIpc) is 2.88. The van der Waals surface area contributed by atoms with Gasteiger partial charge in [-0.1, -0.05) is 24.3 Å². The highest BCUT2D eigenvalue weighted by Crippen LogP contribution is 2.08. The molecule has 0 fully saturated rings. The van der Waals surface area contributed by atoms with Crippen LogP contribution in [0.4, 0.5) is 0 Å². The number of carbonyl (C=O) groups is 1. The molecule has 4 heteroatoms. The summed E-state index contributed by atoms with van der Waals surface area (Å²) in [5.41, 5.74) is 2.19. The fourth-order valence-corrected chi connectivity index (χ4v) is 1.56. The van der Waals surface area contributed by atoms with Gasteiger partial charge in [0.05, 0.1) is 6.54 Å². The molecule has 2 rings (SSSR count). The van der Waals surface area contributed by atoms with Crippen molar-refractivity contribution in [2.24, 2.45) is 0 Å².